The van der Waals surface area contributed by atoms with Crippen LogP contribution in [0.5, 0.6) is 17.2 Å². The van der Waals surface area contributed by atoms with E-state index in [1.54, 1.807) is 0 Å². The molecule has 1 aliphatic rings. The molecule has 1 N–H and O–H groups in total. The highest BCUT2D eigenvalue weighted by Crippen LogP contribution is 2.23. The summed E-state index contributed by atoms with van der Waals surface area (Å²) in [6.07, 6.45) is 3.71. The van der Waals surface area contributed by atoms with Crippen molar-refractivity contribution in [2.24, 2.45) is 0 Å². The van der Waals surface area contributed by atoms with E-state index >= 15 is 0 Å². The van der Waals surface area contributed by atoms with Crippen LogP contribution in [-0.4, -0.2) is 19.2 Å². The maximum absolute atomic E-state index is 5.74. The Morgan fingerprint density at radius 2 is 1.52 bits per heavy atom. The van der Waals surface area contributed by atoms with Crippen LogP contribution in [0, 0.1) is 0 Å². The van der Waals surface area contributed by atoms with Crippen LogP contribution in [0.1, 0.15) is 19.3 Å². The number of para-hydroxylation sites is 1. The van der Waals surface area contributed by atoms with Gasteiger partial charge in [-0.3, -0.25) is 0 Å². The van der Waals surface area contributed by atoms with Gasteiger partial charge >= 0.3 is 0 Å². The first-order valence-electron chi connectivity index (χ1n) is 7.59. The molecule has 21 heavy (non-hydrogen) atoms. The molecule has 1 fully saturated rings. The predicted molar refractivity (Wildman–Crippen MR) is 84.1 cm³/mol. The summed E-state index contributed by atoms with van der Waals surface area (Å²) in [7, 11) is 0. The van der Waals surface area contributed by atoms with Crippen LogP contribution in [0.3, 0.4) is 0 Å². The lowest BCUT2D eigenvalue weighted by Gasteiger charge is -2.08. The first-order valence-corrected chi connectivity index (χ1v) is 7.59. The van der Waals surface area contributed by atoms with Crippen LogP contribution in [0.15, 0.2) is 54.6 Å². The molecule has 3 rings (SSSR count). The zero-order valence-corrected chi connectivity index (χ0v) is 12.1. The number of nitrogens with one attached hydrogen (secondary N) is 1. The van der Waals surface area contributed by atoms with Gasteiger partial charge < -0.3 is 14.8 Å². The number of hydrogen-bond acceptors (Lipinski definition) is 3. The first kappa shape index (κ1) is 14.0. The van der Waals surface area contributed by atoms with Crippen LogP contribution in [0.25, 0.3) is 0 Å². The third kappa shape index (κ3) is 4.80. The summed E-state index contributed by atoms with van der Waals surface area (Å²) in [6, 6.07) is 18.3. The van der Waals surface area contributed by atoms with Gasteiger partial charge in [0.05, 0.1) is 6.61 Å². The molecule has 0 radical (unpaired) electrons. The zero-order valence-electron chi connectivity index (χ0n) is 12.1. The van der Waals surface area contributed by atoms with Gasteiger partial charge in [-0.1, -0.05) is 18.2 Å². The van der Waals surface area contributed by atoms with E-state index in [4.69, 9.17) is 9.47 Å². The number of rotatable bonds is 8. The molecule has 110 valence electrons. The Morgan fingerprint density at radius 1 is 0.857 bits per heavy atom. The fourth-order valence-electron chi connectivity index (χ4n) is 2.08. The Morgan fingerprint density at radius 3 is 2.24 bits per heavy atom. The van der Waals surface area contributed by atoms with Crippen molar-refractivity contribution < 1.29 is 9.47 Å². The van der Waals surface area contributed by atoms with Crippen molar-refractivity contribution in [1.29, 1.82) is 0 Å². The zero-order chi connectivity index (χ0) is 14.3. The molecule has 0 saturated heterocycles. The van der Waals surface area contributed by atoms with Gasteiger partial charge in [0.2, 0.25) is 0 Å². The highest BCUT2D eigenvalue weighted by Gasteiger charge is 2.19. The average molecular weight is 283 g/mol. The Bertz CT molecular complexity index is 535. The number of benzene rings is 2. The second-order valence-electron chi connectivity index (χ2n) is 5.32. The minimum atomic E-state index is 0.749. The Hall–Kier alpha value is -2.00. The van der Waals surface area contributed by atoms with E-state index in [-0.39, 0.29) is 0 Å². The van der Waals surface area contributed by atoms with Crippen molar-refractivity contribution in [3.63, 3.8) is 0 Å². The molecule has 1 saturated carbocycles. The highest BCUT2D eigenvalue weighted by molar-refractivity contribution is 5.35. The Kier molecular flexibility index (Phi) is 4.74. The van der Waals surface area contributed by atoms with Gasteiger partial charge in [-0.2, -0.15) is 0 Å². The minimum Gasteiger partial charge on any atom is -0.494 e. The standard InChI is InChI=1S/C18H21NO2/c1-2-5-17(6-3-1)21-18-11-9-16(10-12-18)20-14-4-13-19-15-7-8-15/h1-3,5-6,9-12,15,19H,4,7-8,13-14H2. The molecule has 0 heterocycles. The fourth-order valence-corrected chi connectivity index (χ4v) is 2.08. The molecular weight excluding hydrogens is 262 g/mol. The third-order valence-electron chi connectivity index (χ3n) is 3.40. The van der Waals surface area contributed by atoms with Crippen LogP contribution >= 0.6 is 0 Å². The number of ether oxygens (including phenoxy) is 2. The molecule has 1 aliphatic carbocycles. The average Bonchev–Trinajstić information content (AvgIpc) is 3.34. The smallest absolute Gasteiger partial charge is 0.127 e. The molecule has 0 aromatic heterocycles. The Balaban J connectivity index is 1.40. The fraction of sp³-hybridized carbons (Fsp3) is 0.333. The van der Waals surface area contributed by atoms with E-state index in [0.717, 1.165) is 42.9 Å². The quantitative estimate of drug-likeness (QED) is 0.743. The summed E-state index contributed by atoms with van der Waals surface area (Å²) in [5.74, 6) is 2.56. The molecule has 0 amide bonds. The van der Waals surface area contributed by atoms with E-state index in [9.17, 15) is 0 Å². The van der Waals surface area contributed by atoms with Gasteiger partial charge in [0.15, 0.2) is 0 Å². The summed E-state index contributed by atoms with van der Waals surface area (Å²) >= 11 is 0. The molecule has 2 aromatic rings. The van der Waals surface area contributed by atoms with Crippen molar-refractivity contribution in [2.75, 3.05) is 13.2 Å². The highest BCUT2D eigenvalue weighted by atomic mass is 16.5. The lowest BCUT2D eigenvalue weighted by Crippen LogP contribution is -2.19. The molecule has 3 heteroatoms. The van der Waals surface area contributed by atoms with Gasteiger partial charge in [0.1, 0.15) is 17.2 Å². The normalized spacial score (nSPS) is 13.9. The molecule has 0 atom stereocenters. The molecule has 0 aliphatic heterocycles. The van der Waals surface area contributed by atoms with Crippen LogP contribution in [0.2, 0.25) is 0 Å². The first-order chi connectivity index (χ1) is 10.4. The van der Waals surface area contributed by atoms with Gasteiger partial charge in [-0.15, -0.1) is 0 Å². The minimum absolute atomic E-state index is 0.749. The molecule has 0 bridgehead atoms. The Labute approximate surface area is 125 Å². The SMILES string of the molecule is c1ccc(Oc2ccc(OCCCNC3CC3)cc2)cc1. The van der Waals surface area contributed by atoms with E-state index in [1.165, 1.54) is 12.8 Å². The second kappa shape index (κ2) is 7.14. The second-order valence-corrected chi connectivity index (χ2v) is 5.32. The predicted octanol–water partition coefficient (Wildman–Crippen LogP) is 4.00. The summed E-state index contributed by atoms with van der Waals surface area (Å²) < 4.78 is 11.5. The van der Waals surface area contributed by atoms with Crippen LogP contribution in [0.4, 0.5) is 0 Å². The van der Waals surface area contributed by atoms with E-state index < -0.39 is 0 Å². The lowest BCUT2D eigenvalue weighted by molar-refractivity contribution is 0.307. The van der Waals surface area contributed by atoms with Crippen molar-refractivity contribution in [3.05, 3.63) is 54.6 Å². The third-order valence-corrected chi connectivity index (χ3v) is 3.40. The van der Waals surface area contributed by atoms with Crippen molar-refractivity contribution in [3.8, 4) is 17.2 Å². The molecular formula is C18H21NO2. The summed E-state index contributed by atoms with van der Waals surface area (Å²) in [4.78, 5) is 0. The summed E-state index contributed by atoms with van der Waals surface area (Å²) in [5.41, 5.74) is 0. The number of hydrogen-bond donors (Lipinski definition) is 1. The maximum atomic E-state index is 5.74. The molecule has 0 unspecified atom stereocenters. The van der Waals surface area contributed by atoms with Gasteiger partial charge in [-0.25, -0.2) is 0 Å². The van der Waals surface area contributed by atoms with Crippen molar-refractivity contribution >= 4 is 0 Å². The molecule has 2 aromatic carbocycles. The molecule has 3 nitrogen and oxygen atoms in total. The monoisotopic (exact) mass is 283 g/mol. The van der Waals surface area contributed by atoms with Crippen molar-refractivity contribution in [1.82, 2.24) is 5.32 Å². The van der Waals surface area contributed by atoms with Crippen LogP contribution < -0.4 is 14.8 Å². The van der Waals surface area contributed by atoms with Crippen LogP contribution in [-0.2, 0) is 0 Å². The maximum Gasteiger partial charge on any atom is 0.127 e. The summed E-state index contributed by atoms with van der Waals surface area (Å²) in [5, 5.41) is 3.48. The van der Waals surface area contributed by atoms with Crippen molar-refractivity contribution in [2.45, 2.75) is 25.3 Å². The summed E-state index contributed by atoms with van der Waals surface area (Å²) in [6.45, 7) is 1.79. The largest absolute Gasteiger partial charge is 0.494 e. The van der Waals surface area contributed by atoms with Gasteiger partial charge in [-0.05, 0) is 62.2 Å². The van der Waals surface area contributed by atoms with E-state index in [0.29, 0.717) is 0 Å². The molecule has 0 spiro atoms. The van der Waals surface area contributed by atoms with E-state index in [1.807, 2.05) is 54.6 Å². The van der Waals surface area contributed by atoms with Gasteiger partial charge in [0, 0.05) is 6.04 Å². The lowest BCUT2D eigenvalue weighted by atomic mass is 10.3. The van der Waals surface area contributed by atoms with E-state index in [2.05, 4.69) is 5.32 Å². The topological polar surface area (TPSA) is 30.5 Å². The van der Waals surface area contributed by atoms with Gasteiger partial charge in [0.25, 0.3) is 0 Å².